The maximum Gasteiger partial charge on any atom is 0.128 e. The zero-order valence-corrected chi connectivity index (χ0v) is 12.2. The number of aliphatic hydroxyl groups is 1. The van der Waals surface area contributed by atoms with Gasteiger partial charge in [-0.15, -0.1) is 0 Å². The van der Waals surface area contributed by atoms with Crippen molar-refractivity contribution in [2.45, 2.75) is 18.9 Å². The molecule has 2 aromatic rings. The third-order valence-corrected chi connectivity index (χ3v) is 3.86. The highest BCUT2D eigenvalue weighted by molar-refractivity contribution is 6.31. The van der Waals surface area contributed by atoms with E-state index in [0.717, 1.165) is 0 Å². The molecule has 0 saturated carbocycles. The quantitative estimate of drug-likeness (QED) is 0.904. The fraction of sp³-hybridized carbons (Fsp3) is 0.250. The summed E-state index contributed by atoms with van der Waals surface area (Å²) in [5.41, 5.74) is 6.75. The van der Waals surface area contributed by atoms with E-state index in [-0.39, 0.29) is 22.9 Å². The summed E-state index contributed by atoms with van der Waals surface area (Å²) < 4.78 is 27.3. The Morgan fingerprint density at radius 3 is 2.48 bits per heavy atom. The Bertz CT molecular complexity index is 628. The molecule has 0 radical (unpaired) electrons. The summed E-state index contributed by atoms with van der Waals surface area (Å²) >= 11 is 6.02. The summed E-state index contributed by atoms with van der Waals surface area (Å²) in [5.74, 6) is -1.58. The van der Waals surface area contributed by atoms with Crippen molar-refractivity contribution < 1.29 is 13.9 Å². The molecular formula is C16H16ClF2NO. The molecule has 2 nitrogen and oxygen atoms in total. The summed E-state index contributed by atoms with van der Waals surface area (Å²) in [6.45, 7) is 1.61. The van der Waals surface area contributed by atoms with Crippen LogP contribution < -0.4 is 5.73 Å². The summed E-state index contributed by atoms with van der Waals surface area (Å²) in [6, 6.07) is 8.56. The average molecular weight is 312 g/mol. The zero-order chi connectivity index (χ0) is 15.6. The third-order valence-electron chi connectivity index (χ3n) is 3.53. The molecule has 0 bridgehead atoms. The Morgan fingerprint density at radius 2 is 1.90 bits per heavy atom. The van der Waals surface area contributed by atoms with Crippen molar-refractivity contribution in [3.63, 3.8) is 0 Å². The Balaban J connectivity index is 2.43. The van der Waals surface area contributed by atoms with E-state index >= 15 is 0 Å². The fourth-order valence-corrected chi connectivity index (χ4v) is 2.66. The summed E-state index contributed by atoms with van der Waals surface area (Å²) in [6.07, 6.45) is -1.07. The van der Waals surface area contributed by atoms with Crippen molar-refractivity contribution in [3.8, 4) is 0 Å². The predicted octanol–water partition coefficient (Wildman–Crippen LogP) is 3.70. The van der Waals surface area contributed by atoms with E-state index in [1.165, 1.54) is 30.3 Å². The van der Waals surface area contributed by atoms with Crippen LogP contribution in [0.1, 0.15) is 28.7 Å². The SMILES string of the molecule is Cc1cc(C(O)C(CN)c2c(F)cccc2Cl)ccc1F. The van der Waals surface area contributed by atoms with E-state index in [9.17, 15) is 13.9 Å². The predicted molar refractivity (Wildman–Crippen MR) is 79.3 cm³/mol. The van der Waals surface area contributed by atoms with Gasteiger partial charge in [0.05, 0.1) is 6.10 Å². The van der Waals surface area contributed by atoms with Gasteiger partial charge in [0.1, 0.15) is 11.6 Å². The van der Waals surface area contributed by atoms with Crippen molar-refractivity contribution >= 4 is 11.6 Å². The zero-order valence-electron chi connectivity index (χ0n) is 11.5. The first-order valence-electron chi connectivity index (χ1n) is 6.53. The van der Waals surface area contributed by atoms with Gasteiger partial charge in [-0.1, -0.05) is 29.8 Å². The topological polar surface area (TPSA) is 46.2 Å². The van der Waals surface area contributed by atoms with Gasteiger partial charge in [-0.05, 0) is 36.2 Å². The molecular weight excluding hydrogens is 296 g/mol. The largest absolute Gasteiger partial charge is 0.388 e. The van der Waals surface area contributed by atoms with Crippen LogP contribution in [0.15, 0.2) is 36.4 Å². The van der Waals surface area contributed by atoms with Gasteiger partial charge >= 0.3 is 0 Å². The van der Waals surface area contributed by atoms with Crippen LogP contribution in [0.4, 0.5) is 8.78 Å². The molecule has 0 saturated heterocycles. The van der Waals surface area contributed by atoms with Gasteiger partial charge in [-0.3, -0.25) is 0 Å². The van der Waals surface area contributed by atoms with Crippen molar-refractivity contribution in [1.29, 1.82) is 0 Å². The first kappa shape index (κ1) is 15.9. The van der Waals surface area contributed by atoms with Gasteiger partial charge in [0.15, 0.2) is 0 Å². The van der Waals surface area contributed by atoms with Gasteiger partial charge in [0.2, 0.25) is 0 Å². The highest BCUT2D eigenvalue weighted by Crippen LogP contribution is 2.36. The van der Waals surface area contributed by atoms with Crippen molar-refractivity contribution in [2.24, 2.45) is 5.73 Å². The minimum atomic E-state index is -1.07. The normalized spacial score (nSPS) is 14.0. The molecule has 0 aliphatic carbocycles. The summed E-state index contributed by atoms with van der Waals surface area (Å²) in [4.78, 5) is 0. The molecule has 0 aliphatic rings. The highest BCUT2D eigenvalue weighted by atomic mass is 35.5. The van der Waals surface area contributed by atoms with Gasteiger partial charge in [0, 0.05) is 23.0 Å². The number of aryl methyl sites for hydroxylation is 1. The summed E-state index contributed by atoms with van der Waals surface area (Å²) in [5, 5.41) is 10.7. The molecule has 3 N–H and O–H groups in total. The number of benzene rings is 2. The van der Waals surface area contributed by atoms with Crippen molar-refractivity contribution in [2.75, 3.05) is 6.54 Å². The second kappa shape index (κ2) is 6.52. The van der Waals surface area contributed by atoms with E-state index in [1.807, 2.05) is 0 Å². The van der Waals surface area contributed by atoms with E-state index in [0.29, 0.717) is 11.1 Å². The molecule has 2 unspecified atom stereocenters. The van der Waals surface area contributed by atoms with Crippen LogP contribution in [0.3, 0.4) is 0 Å². The second-order valence-electron chi connectivity index (χ2n) is 4.93. The van der Waals surface area contributed by atoms with Crippen LogP contribution in [0.2, 0.25) is 5.02 Å². The molecule has 112 valence electrons. The Kier molecular flexibility index (Phi) is 4.93. The van der Waals surface area contributed by atoms with Crippen LogP contribution in [0, 0.1) is 18.6 Å². The molecule has 0 fully saturated rings. The number of hydrogen-bond acceptors (Lipinski definition) is 2. The monoisotopic (exact) mass is 311 g/mol. The standard InChI is InChI=1S/C16H16ClF2NO/c1-9-7-10(5-6-13(9)18)16(21)11(8-20)15-12(17)3-2-4-14(15)19/h2-7,11,16,21H,8,20H2,1H3. The van der Waals surface area contributed by atoms with E-state index in [1.54, 1.807) is 13.0 Å². The molecule has 0 amide bonds. The number of hydrogen-bond donors (Lipinski definition) is 2. The maximum atomic E-state index is 14.0. The molecule has 2 rings (SSSR count). The van der Waals surface area contributed by atoms with E-state index < -0.39 is 17.8 Å². The number of nitrogens with two attached hydrogens (primary N) is 1. The number of rotatable bonds is 4. The summed E-state index contributed by atoms with van der Waals surface area (Å²) in [7, 11) is 0. The van der Waals surface area contributed by atoms with Crippen molar-refractivity contribution in [3.05, 3.63) is 69.7 Å². The van der Waals surface area contributed by atoms with Crippen molar-refractivity contribution in [1.82, 2.24) is 0 Å². The highest BCUT2D eigenvalue weighted by Gasteiger charge is 2.26. The van der Waals surface area contributed by atoms with E-state index in [2.05, 4.69) is 0 Å². The lowest BCUT2D eigenvalue weighted by Crippen LogP contribution is -2.21. The Hall–Kier alpha value is -1.49. The molecule has 21 heavy (non-hydrogen) atoms. The fourth-order valence-electron chi connectivity index (χ4n) is 2.35. The number of aliphatic hydroxyl groups excluding tert-OH is 1. The van der Waals surface area contributed by atoms with Crippen LogP contribution in [0.5, 0.6) is 0 Å². The smallest absolute Gasteiger partial charge is 0.128 e. The first-order valence-corrected chi connectivity index (χ1v) is 6.91. The average Bonchev–Trinajstić information content (AvgIpc) is 2.45. The van der Waals surface area contributed by atoms with Gasteiger partial charge in [0.25, 0.3) is 0 Å². The third kappa shape index (κ3) is 3.23. The first-order chi connectivity index (χ1) is 9.95. The molecule has 0 spiro atoms. The van der Waals surface area contributed by atoms with Crippen LogP contribution in [-0.2, 0) is 0 Å². The lowest BCUT2D eigenvalue weighted by molar-refractivity contribution is 0.145. The Morgan fingerprint density at radius 1 is 1.19 bits per heavy atom. The lowest BCUT2D eigenvalue weighted by Gasteiger charge is -2.24. The van der Waals surface area contributed by atoms with Gasteiger partial charge in [-0.2, -0.15) is 0 Å². The van der Waals surface area contributed by atoms with Gasteiger partial charge < -0.3 is 10.8 Å². The Labute approximate surface area is 127 Å². The minimum absolute atomic E-state index is 0.0121. The second-order valence-corrected chi connectivity index (χ2v) is 5.34. The van der Waals surface area contributed by atoms with E-state index in [4.69, 9.17) is 17.3 Å². The van der Waals surface area contributed by atoms with Crippen LogP contribution >= 0.6 is 11.6 Å². The molecule has 5 heteroatoms. The molecule has 0 aliphatic heterocycles. The molecule has 2 aromatic carbocycles. The lowest BCUT2D eigenvalue weighted by atomic mass is 9.88. The number of halogens is 3. The molecule has 0 heterocycles. The minimum Gasteiger partial charge on any atom is -0.388 e. The van der Waals surface area contributed by atoms with Crippen LogP contribution in [-0.4, -0.2) is 11.7 Å². The van der Waals surface area contributed by atoms with Crippen LogP contribution in [0.25, 0.3) is 0 Å². The van der Waals surface area contributed by atoms with Gasteiger partial charge in [-0.25, -0.2) is 8.78 Å². The molecule has 2 atom stereocenters. The maximum absolute atomic E-state index is 14.0. The molecule has 0 aromatic heterocycles.